The van der Waals surface area contributed by atoms with E-state index >= 15 is 0 Å². The molecule has 1 aromatic rings. The first-order valence-electron chi connectivity index (χ1n) is 7.56. The number of rotatable bonds is 10. The average Bonchev–Trinajstić information content (AvgIpc) is 2.46. The summed E-state index contributed by atoms with van der Waals surface area (Å²) in [5.41, 5.74) is 3.15. The molecule has 20 heavy (non-hydrogen) atoms. The number of unbranched alkanes of at least 4 members (excludes halogenated alkanes) is 6. The van der Waals surface area contributed by atoms with E-state index in [4.69, 9.17) is 4.84 Å². The Balaban J connectivity index is 1.92. The van der Waals surface area contributed by atoms with Crippen molar-refractivity contribution in [2.75, 3.05) is 11.9 Å². The third-order valence-electron chi connectivity index (χ3n) is 3.05. The summed E-state index contributed by atoms with van der Waals surface area (Å²) in [6.07, 6.45) is 8.63. The van der Waals surface area contributed by atoms with Gasteiger partial charge in [-0.1, -0.05) is 63.6 Å². The molecule has 0 aromatic heterocycles. The maximum Gasteiger partial charge on any atom is 0.343 e. The predicted octanol–water partition coefficient (Wildman–Crippen LogP) is 4.49. The van der Waals surface area contributed by atoms with Gasteiger partial charge in [-0.2, -0.15) is 0 Å². The van der Waals surface area contributed by atoms with Gasteiger partial charge in [0.1, 0.15) is 0 Å². The minimum absolute atomic E-state index is 0.334. The molecule has 0 spiro atoms. The molecule has 2 amide bonds. The third-order valence-corrected chi connectivity index (χ3v) is 3.05. The second-order valence-corrected chi connectivity index (χ2v) is 4.89. The largest absolute Gasteiger partial charge is 0.343 e. The summed E-state index contributed by atoms with van der Waals surface area (Å²) in [4.78, 5) is 16.6. The fourth-order valence-corrected chi connectivity index (χ4v) is 1.93. The molecule has 0 fully saturated rings. The van der Waals surface area contributed by atoms with Gasteiger partial charge >= 0.3 is 6.03 Å². The highest BCUT2D eigenvalue weighted by Crippen LogP contribution is 2.07. The number of hydroxylamine groups is 1. The smallest absolute Gasteiger partial charge is 0.306 e. The number of benzene rings is 1. The van der Waals surface area contributed by atoms with Gasteiger partial charge in [-0.15, -0.1) is 0 Å². The first-order chi connectivity index (χ1) is 9.83. The number of hydrogen-bond acceptors (Lipinski definition) is 2. The summed E-state index contributed by atoms with van der Waals surface area (Å²) in [5.74, 6) is 0. The van der Waals surface area contributed by atoms with Crippen LogP contribution in [-0.4, -0.2) is 12.6 Å². The van der Waals surface area contributed by atoms with Crippen molar-refractivity contribution >= 4 is 11.7 Å². The second kappa shape index (κ2) is 11.3. The molecule has 112 valence electrons. The molecule has 1 aromatic carbocycles. The first-order valence-corrected chi connectivity index (χ1v) is 7.56. The number of carbonyl (C=O) groups excluding carboxylic acids is 1. The number of nitrogens with one attached hydrogen (secondary N) is 2. The van der Waals surface area contributed by atoms with Crippen LogP contribution in [0.15, 0.2) is 30.3 Å². The summed E-state index contributed by atoms with van der Waals surface area (Å²) < 4.78 is 0. The number of urea groups is 1. The normalized spacial score (nSPS) is 10.2. The van der Waals surface area contributed by atoms with Crippen LogP contribution in [-0.2, 0) is 4.84 Å². The Morgan fingerprint density at radius 1 is 1.00 bits per heavy atom. The van der Waals surface area contributed by atoms with Crippen LogP contribution >= 0.6 is 0 Å². The van der Waals surface area contributed by atoms with E-state index in [0.717, 1.165) is 18.5 Å². The standard InChI is InChI=1S/C16H26N2O2/c1-2-3-4-5-6-7-11-14-20-18-16(19)17-15-12-9-8-10-13-15/h8-10,12-13H,2-7,11,14H2,1H3,(H2,17,18,19). The lowest BCUT2D eigenvalue weighted by Crippen LogP contribution is -2.29. The van der Waals surface area contributed by atoms with Crippen molar-refractivity contribution in [3.63, 3.8) is 0 Å². The number of amides is 2. The molecule has 0 heterocycles. The van der Waals surface area contributed by atoms with Crippen LogP contribution in [0.2, 0.25) is 0 Å². The van der Waals surface area contributed by atoms with Gasteiger partial charge in [-0.3, -0.25) is 4.84 Å². The fourth-order valence-electron chi connectivity index (χ4n) is 1.93. The maximum atomic E-state index is 11.5. The number of para-hydroxylation sites is 1. The van der Waals surface area contributed by atoms with Crippen molar-refractivity contribution in [1.82, 2.24) is 5.48 Å². The van der Waals surface area contributed by atoms with Crippen molar-refractivity contribution < 1.29 is 9.63 Å². The van der Waals surface area contributed by atoms with Crippen molar-refractivity contribution in [2.45, 2.75) is 51.9 Å². The molecular formula is C16H26N2O2. The topological polar surface area (TPSA) is 50.4 Å². The van der Waals surface area contributed by atoms with E-state index in [0.29, 0.717) is 6.61 Å². The zero-order valence-electron chi connectivity index (χ0n) is 12.4. The van der Waals surface area contributed by atoms with Crippen molar-refractivity contribution in [1.29, 1.82) is 0 Å². The van der Waals surface area contributed by atoms with Gasteiger partial charge in [0.05, 0.1) is 6.61 Å². The molecule has 0 radical (unpaired) electrons. The van der Waals surface area contributed by atoms with Crippen molar-refractivity contribution in [3.8, 4) is 0 Å². The Kier molecular flexibility index (Phi) is 9.32. The van der Waals surface area contributed by atoms with Crippen LogP contribution in [0.4, 0.5) is 10.5 Å². The molecule has 1 rings (SSSR count). The van der Waals surface area contributed by atoms with Crippen LogP contribution < -0.4 is 10.8 Å². The zero-order chi connectivity index (χ0) is 14.5. The summed E-state index contributed by atoms with van der Waals surface area (Å²) in [6, 6.07) is 8.97. The highest BCUT2D eigenvalue weighted by Gasteiger charge is 2.00. The Labute approximate surface area is 121 Å². The van der Waals surface area contributed by atoms with E-state index in [1.54, 1.807) is 0 Å². The molecule has 0 unspecified atom stereocenters. The monoisotopic (exact) mass is 278 g/mol. The second-order valence-electron chi connectivity index (χ2n) is 4.89. The molecule has 0 atom stereocenters. The van der Waals surface area contributed by atoms with Gasteiger partial charge < -0.3 is 5.32 Å². The molecule has 4 nitrogen and oxygen atoms in total. The van der Waals surface area contributed by atoms with Gasteiger partial charge in [0.15, 0.2) is 0 Å². The van der Waals surface area contributed by atoms with Crippen LogP contribution in [0.5, 0.6) is 0 Å². The molecule has 0 aliphatic rings. The van der Waals surface area contributed by atoms with Crippen LogP contribution in [0.3, 0.4) is 0 Å². The third kappa shape index (κ3) is 8.53. The van der Waals surface area contributed by atoms with E-state index in [2.05, 4.69) is 17.7 Å². The minimum atomic E-state index is -0.334. The molecule has 0 bridgehead atoms. The van der Waals surface area contributed by atoms with Crippen LogP contribution in [0, 0.1) is 0 Å². The van der Waals surface area contributed by atoms with E-state index < -0.39 is 0 Å². The lowest BCUT2D eigenvalue weighted by Gasteiger charge is -2.07. The van der Waals surface area contributed by atoms with Gasteiger partial charge in [0.2, 0.25) is 0 Å². The lowest BCUT2D eigenvalue weighted by molar-refractivity contribution is 0.0631. The van der Waals surface area contributed by atoms with E-state index in [1.165, 1.54) is 32.1 Å². The highest BCUT2D eigenvalue weighted by molar-refractivity contribution is 5.88. The summed E-state index contributed by atoms with van der Waals surface area (Å²) >= 11 is 0. The van der Waals surface area contributed by atoms with Crippen LogP contribution in [0.25, 0.3) is 0 Å². The Morgan fingerprint density at radius 2 is 1.65 bits per heavy atom. The Hall–Kier alpha value is -1.55. The van der Waals surface area contributed by atoms with Crippen molar-refractivity contribution in [2.24, 2.45) is 0 Å². The molecule has 4 heteroatoms. The van der Waals surface area contributed by atoms with E-state index in [-0.39, 0.29) is 6.03 Å². The molecule has 2 N–H and O–H groups in total. The van der Waals surface area contributed by atoms with Gasteiger partial charge in [-0.05, 0) is 18.6 Å². The number of carbonyl (C=O) groups is 1. The van der Waals surface area contributed by atoms with E-state index in [1.807, 2.05) is 30.3 Å². The average molecular weight is 278 g/mol. The lowest BCUT2D eigenvalue weighted by atomic mass is 10.1. The maximum absolute atomic E-state index is 11.5. The molecule has 0 saturated carbocycles. The molecular weight excluding hydrogens is 252 g/mol. The molecule has 0 aliphatic carbocycles. The summed E-state index contributed by atoms with van der Waals surface area (Å²) in [5, 5.41) is 2.69. The quantitative estimate of drug-likeness (QED) is 0.489. The SMILES string of the molecule is CCCCCCCCCONC(=O)Nc1ccccc1. The van der Waals surface area contributed by atoms with Crippen molar-refractivity contribution in [3.05, 3.63) is 30.3 Å². The van der Waals surface area contributed by atoms with Gasteiger partial charge in [0, 0.05) is 5.69 Å². The molecule has 0 aliphatic heterocycles. The fraction of sp³-hybridized carbons (Fsp3) is 0.562. The van der Waals surface area contributed by atoms with Gasteiger partial charge in [0.25, 0.3) is 0 Å². The summed E-state index contributed by atoms with van der Waals surface area (Å²) in [6.45, 7) is 2.79. The number of hydrogen-bond donors (Lipinski definition) is 2. The molecule has 0 saturated heterocycles. The summed E-state index contributed by atoms with van der Waals surface area (Å²) in [7, 11) is 0. The predicted molar refractivity (Wildman–Crippen MR) is 82.5 cm³/mol. The zero-order valence-corrected chi connectivity index (χ0v) is 12.4. The van der Waals surface area contributed by atoms with Gasteiger partial charge in [-0.25, -0.2) is 10.3 Å². The Morgan fingerprint density at radius 3 is 2.35 bits per heavy atom. The van der Waals surface area contributed by atoms with E-state index in [9.17, 15) is 4.79 Å². The van der Waals surface area contributed by atoms with Crippen LogP contribution in [0.1, 0.15) is 51.9 Å². The number of anilines is 1. The Bertz CT molecular complexity index is 355. The first kappa shape index (κ1) is 16.5. The minimum Gasteiger partial charge on any atom is -0.306 e. The highest BCUT2D eigenvalue weighted by atomic mass is 16.7.